The Hall–Kier alpha value is -1.36. The van der Waals surface area contributed by atoms with Crippen molar-refractivity contribution >= 4 is 5.91 Å². The van der Waals surface area contributed by atoms with Crippen molar-refractivity contribution in [3.8, 4) is 0 Å². The third-order valence-electron chi connectivity index (χ3n) is 5.73. The summed E-state index contributed by atoms with van der Waals surface area (Å²) in [6, 6.07) is 2.11. The lowest BCUT2D eigenvalue weighted by molar-refractivity contribution is -0.143. The van der Waals surface area contributed by atoms with Gasteiger partial charge in [-0.1, -0.05) is 0 Å². The molecule has 4 rings (SSSR count). The third-order valence-corrected chi connectivity index (χ3v) is 5.73. The predicted octanol–water partition coefficient (Wildman–Crippen LogP) is 2.07. The molecule has 5 nitrogen and oxygen atoms in total. The number of hydrogen-bond acceptors (Lipinski definition) is 3. The molecule has 3 fully saturated rings. The lowest BCUT2D eigenvalue weighted by Gasteiger charge is -2.48. The Bertz CT molecular complexity index is 534. The van der Waals surface area contributed by atoms with Gasteiger partial charge in [-0.05, 0) is 45.1 Å². The first-order chi connectivity index (χ1) is 10.7. The molecule has 5 heteroatoms. The zero-order chi connectivity index (χ0) is 15.7. The molecule has 0 spiro atoms. The van der Waals surface area contributed by atoms with Crippen LogP contribution in [0, 0.1) is 11.8 Å². The molecule has 0 radical (unpaired) electrons. The molecule has 3 aliphatic rings. The van der Waals surface area contributed by atoms with Crippen molar-refractivity contribution in [1.29, 1.82) is 0 Å². The number of nitrogens with zero attached hydrogens (tertiary/aromatic N) is 3. The Morgan fingerprint density at radius 1 is 1.50 bits per heavy atom. The maximum Gasteiger partial charge on any atom is 0.226 e. The van der Waals surface area contributed by atoms with Gasteiger partial charge in [0, 0.05) is 37.5 Å². The minimum Gasteiger partial charge on any atom is -0.383 e. The Kier molecular flexibility index (Phi) is 4.26. The highest BCUT2D eigenvalue weighted by Crippen LogP contribution is 2.64. The van der Waals surface area contributed by atoms with Gasteiger partial charge in [0.2, 0.25) is 5.91 Å². The van der Waals surface area contributed by atoms with E-state index in [0.717, 1.165) is 32.5 Å². The Morgan fingerprint density at radius 2 is 2.27 bits per heavy atom. The van der Waals surface area contributed by atoms with Crippen LogP contribution in [0.15, 0.2) is 12.3 Å². The molecule has 122 valence electrons. The highest BCUT2D eigenvalue weighted by Gasteiger charge is 2.64. The average Bonchev–Trinajstić information content (AvgIpc) is 3.20. The number of carbonyl (C=O) groups excluding carboxylic acids is 1. The van der Waals surface area contributed by atoms with Crippen molar-refractivity contribution < 1.29 is 9.53 Å². The van der Waals surface area contributed by atoms with Gasteiger partial charge in [0.15, 0.2) is 0 Å². The number of hydrogen-bond donors (Lipinski definition) is 0. The summed E-state index contributed by atoms with van der Waals surface area (Å²) in [4.78, 5) is 14.9. The molecule has 3 atom stereocenters. The zero-order valence-corrected chi connectivity index (χ0v) is 13.9. The van der Waals surface area contributed by atoms with Crippen LogP contribution < -0.4 is 0 Å². The summed E-state index contributed by atoms with van der Waals surface area (Å²) >= 11 is 0. The Morgan fingerprint density at radius 3 is 2.91 bits per heavy atom. The molecule has 3 saturated carbocycles. The summed E-state index contributed by atoms with van der Waals surface area (Å²) in [5.41, 5.74) is 1.26. The van der Waals surface area contributed by atoms with Crippen molar-refractivity contribution in [1.82, 2.24) is 14.7 Å². The Labute approximate surface area is 132 Å². The number of fused-ring (bicyclic) bond motifs is 1. The van der Waals surface area contributed by atoms with E-state index in [0.29, 0.717) is 18.4 Å². The van der Waals surface area contributed by atoms with Crippen LogP contribution >= 0.6 is 0 Å². The van der Waals surface area contributed by atoms with Crippen LogP contribution in [0.25, 0.3) is 0 Å². The number of carbonyl (C=O) groups is 1. The summed E-state index contributed by atoms with van der Waals surface area (Å²) in [5.74, 6) is 1.07. The van der Waals surface area contributed by atoms with Crippen molar-refractivity contribution in [2.45, 2.75) is 45.1 Å². The first-order valence-electron chi connectivity index (χ1n) is 8.48. The molecular formula is C17H27N3O2. The second-order valence-corrected chi connectivity index (χ2v) is 6.58. The molecule has 1 heterocycles. The first-order valence-corrected chi connectivity index (χ1v) is 8.48. The van der Waals surface area contributed by atoms with E-state index >= 15 is 0 Å². The van der Waals surface area contributed by atoms with Gasteiger partial charge in [-0.25, -0.2) is 0 Å². The maximum absolute atomic E-state index is 12.9. The van der Waals surface area contributed by atoms with Gasteiger partial charge in [-0.3, -0.25) is 9.48 Å². The first kappa shape index (κ1) is 15.5. The van der Waals surface area contributed by atoms with Gasteiger partial charge in [-0.2, -0.15) is 5.10 Å². The average molecular weight is 305 g/mol. The molecule has 3 aliphatic carbocycles. The van der Waals surface area contributed by atoms with Gasteiger partial charge < -0.3 is 9.64 Å². The van der Waals surface area contributed by atoms with Gasteiger partial charge in [0.1, 0.15) is 0 Å². The van der Waals surface area contributed by atoms with E-state index in [4.69, 9.17) is 4.74 Å². The zero-order valence-electron chi connectivity index (χ0n) is 13.9. The second kappa shape index (κ2) is 6.03. The highest BCUT2D eigenvalue weighted by molar-refractivity contribution is 5.83. The molecule has 1 amide bonds. The SMILES string of the molecule is CCN(CC)C(=O)C1C2CCC1(c1ccnn1CCOC)C2. The minimum atomic E-state index is 0.0224. The van der Waals surface area contributed by atoms with Crippen molar-refractivity contribution in [3.63, 3.8) is 0 Å². The van der Waals surface area contributed by atoms with E-state index in [1.54, 1.807) is 7.11 Å². The minimum absolute atomic E-state index is 0.0224. The van der Waals surface area contributed by atoms with Crippen LogP contribution in [0.3, 0.4) is 0 Å². The summed E-state index contributed by atoms with van der Waals surface area (Å²) in [5, 5.41) is 4.46. The molecule has 1 aromatic heterocycles. The normalized spacial score (nSPS) is 29.4. The maximum atomic E-state index is 12.9. The molecule has 0 aliphatic heterocycles. The molecular weight excluding hydrogens is 278 g/mol. The van der Waals surface area contributed by atoms with Crippen LogP contribution in [0.5, 0.6) is 0 Å². The number of aromatic nitrogens is 2. The fraction of sp³-hybridized carbons (Fsp3) is 0.765. The third kappa shape index (κ3) is 2.18. The molecule has 0 N–H and O–H groups in total. The molecule has 1 aromatic rings. The fourth-order valence-corrected chi connectivity index (χ4v) is 4.65. The van der Waals surface area contributed by atoms with Gasteiger partial charge >= 0.3 is 0 Å². The van der Waals surface area contributed by atoms with E-state index in [9.17, 15) is 4.79 Å². The summed E-state index contributed by atoms with van der Waals surface area (Å²) in [6.07, 6.45) is 5.30. The molecule has 0 saturated heterocycles. The fourth-order valence-electron chi connectivity index (χ4n) is 4.65. The Balaban J connectivity index is 1.86. The number of methoxy groups -OCH3 is 1. The van der Waals surface area contributed by atoms with Crippen LogP contribution in [0.1, 0.15) is 38.8 Å². The van der Waals surface area contributed by atoms with Crippen molar-refractivity contribution in [2.75, 3.05) is 26.8 Å². The monoisotopic (exact) mass is 305 g/mol. The van der Waals surface area contributed by atoms with Crippen LogP contribution in [0.4, 0.5) is 0 Å². The summed E-state index contributed by atoms with van der Waals surface area (Å²) in [7, 11) is 1.71. The van der Waals surface area contributed by atoms with E-state index in [2.05, 4.69) is 25.0 Å². The number of ether oxygens (including phenoxy) is 1. The highest BCUT2D eigenvalue weighted by atomic mass is 16.5. The lowest BCUT2D eigenvalue weighted by Crippen LogP contribution is -2.54. The lowest BCUT2D eigenvalue weighted by atomic mass is 9.58. The topological polar surface area (TPSA) is 47.4 Å². The van der Waals surface area contributed by atoms with E-state index in [1.807, 2.05) is 15.8 Å². The number of rotatable bonds is 7. The van der Waals surface area contributed by atoms with Crippen LogP contribution in [0.2, 0.25) is 0 Å². The van der Waals surface area contributed by atoms with Crippen molar-refractivity contribution in [3.05, 3.63) is 18.0 Å². The largest absolute Gasteiger partial charge is 0.383 e. The van der Waals surface area contributed by atoms with Gasteiger partial charge in [0.25, 0.3) is 0 Å². The second-order valence-electron chi connectivity index (χ2n) is 6.58. The summed E-state index contributed by atoms with van der Waals surface area (Å²) < 4.78 is 7.24. The molecule has 0 aromatic carbocycles. The van der Waals surface area contributed by atoms with Crippen LogP contribution in [-0.2, 0) is 21.5 Å². The standard InChI is InChI=1S/C17H27N3O2/c1-4-19(5-2)16(21)15-13-6-8-17(15,12-13)14-7-9-18-20(14)10-11-22-3/h7,9,13,15H,4-6,8,10-12H2,1-3H3. The van der Waals surface area contributed by atoms with E-state index < -0.39 is 0 Å². The smallest absolute Gasteiger partial charge is 0.226 e. The summed E-state index contributed by atoms with van der Waals surface area (Å²) in [6.45, 7) is 7.16. The molecule has 2 bridgehead atoms. The van der Waals surface area contributed by atoms with Gasteiger partial charge in [-0.15, -0.1) is 0 Å². The predicted molar refractivity (Wildman–Crippen MR) is 84.5 cm³/mol. The number of amides is 1. The molecule has 22 heavy (non-hydrogen) atoms. The quantitative estimate of drug-likeness (QED) is 0.775. The van der Waals surface area contributed by atoms with E-state index in [-0.39, 0.29) is 11.3 Å². The van der Waals surface area contributed by atoms with Gasteiger partial charge in [0.05, 0.1) is 19.1 Å². The van der Waals surface area contributed by atoms with E-state index in [1.165, 1.54) is 12.1 Å². The molecule has 3 unspecified atom stereocenters. The van der Waals surface area contributed by atoms with Crippen LogP contribution in [-0.4, -0.2) is 47.4 Å². The van der Waals surface area contributed by atoms with Crippen molar-refractivity contribution in [2.24, 2.45) is 11.8 Å².